The number of benzene rings is 2. The Hall–Kier alpha value is -3.32. The smallest absolute Gasteiger partial charge is 0.259 e. The zero-order valence-corrected chi connectivity index (χ0v) is 19.3. The fourth-order valence-corrected chi connectivity index (χ4v) is 5.03. The molecular formula is C25H26N2O4S. The van der Waals surface area contributed by atoms with Crippen molar-refractivity contribution in [2.75, 3.05) is 26.6 Å². The second-order valence-electron chi connectivity index (χ2n) is 7.44. The Bertz CT molecular complexity index is 1140. The summed E-state index contributed by atoms with van der Waals surface area (Å²) in [5.74, 6) is 1.83. The van der Waals surface area contributed by atoms with E-state index in [1.54, 1.807) is 57.1 Å². The van der Waals surface area contributed by atoms with Crippen molar-refractivity contribution in [1.29, 1.82) is 0 Å². The van der Waals surface area contributed by atoms with Gasteiger partial charge in [-0.15, -0.1) is 11.3 Å². The Kier molecular flexibility index (Phi) is 6.75. The molecule has 1 heterocycles. The molecule has 1 amide bonds. The lowest BCUT2D eigenvalue weighted by molar-refractivity contribution is 0.102. The topological polar surface area (TPSA) is 69.2 Å². The Morgan fingerprint density at radius 3 is 2.41 bits per heavy atom. The van der Waals surface area contributed by atoms with Gasteiger partial charge in [0, 0.05) is 17.2 Å². The highest BCUT2D eigenvalue weighted by Crippen LogP contribution is 2.41. The number of thiophene rings is 1. The van der Waals surface area contributed by atoms with Gasteiger partial charge in [-0.1, -0.05) is 0 Å². The predicted molar refractivity (Wildman–Crippen MR) is 129 cm³/mol. The van der Waals surface area contributed by atoms with Crippen molar-refractivity contribution in [3.63, 3.8) is 0 Å². The normalized spacial score (nSPS) is 13.0. The maximum Gasteiger partial charge on any atom is 0.259 e. The van der Waals surface area contributed by atoms with Gasteiger partial charge in [0.2, 0.25) is 0 Å². The van der Waals surface area contributed by atoms with E-state index < -0.39 is 0 Å². The van der Waals surface area contributed by atoms with Crippen LogP contribution in [0.5, 0.6) is 17.2 Å². The van der Waals surface area contributed by atoms with Gasteiger partial charge >= 0.3 is 0 Å². The molecule has 1 aliphatic carbocycles. The molecule has 0 unspecified atom stereocenters. The molecule has 0 saturated carbocycles. The first-order valence-corrected chi connectivity index (χ1v) is 11.3. The Balaban J connectivity index is 1.67. The molecule has 1 aliphatic rings. The van der Waals surface area contributed by atoms with Gasteiger partial charge in [0.1, 0.15) is 22.2 Å². The van der Waals surface area contributed by atoms with Crippen LogP contribution in [0.15, 0.2) is 47.5 Å². The van der Waals surface area contributed by atoms with E-state index in [9.17, 15) is 4.79 Å². The summed E-state index contributed by atoms with van der Waals surface area (Å²) in [5, 5.41) is 3.74. The molecule has 32 heavy (non-hydrogen) atoms. The molecule has 0 radical (unpaired) electrons. The third-order valence-electron chi connectivity index (χ3n) is 5.48. The third kappa shape index (κ3) is 4.62. The van der Waals surface area contributed by atoms with Crippen LogP contribution < -0.4 is 19.5 Å². The van der Waals surface area contributed by atoms with Crippen LogP contribution in [-0.4, -0.2) is 33.5 Å². The van der Waals surface area contributed by atoms with Gasteiger partial charge in [0.05, 0.1) is 32.6 Å². The van der Waals surface area contributed by atoms with E-state index in [2.05, 4.69) is 5.32 Å². The zero-order valence-electron chi connectivity index (χ0n) is 18.4. The van der Waals surface area contributed by atoms with Crippen molar-refractivity contribution in [2.45, 2.75) is 25.7 Å². The number of nitrogens with zero attached hydrogens (tertiary/aromatic N) is 1. The summed E-state index contributed by atoms with van der Waals surface area (Å²) in [7, 11) is 4.81. The number of ether oxygens (including phenoxy) is 3. The summed E-state index contributed by atoms with van der Waals surface area (Å²) in [6.45, 7) is 0. The number of anilines is 1. The van der Waals surface area contributed by atoms with Crippen molar-refractivity contribution < 1.29 is 19.0 Å². The SMILES string of the molecule is COc1ccc(C=Nc2sc3c(c2C(=O)Nc2cc(OC)ccc2OC)CCCC3)cc1. The summed E-state index contributed by atoms with van der Waals surface area (Å²) >= 11 is 1.61. The number of aliphatic imine (C=N–C) groups is 1. The van der Waals surface area contributed by atoms with Crippen molar-refractivity contribution in [3.8, 4) is 17.2 Å². The monoisotopic (exact) mass is 450 g/mol. The fraction of sp³-hybridized carbons (Fsp3) is 0.280. The number of carbonyl (C=O) groups is 1. The lowest BCUT2D eigenvalue weighted by Gasteiger charge is -2.14. The predicted octanol–water partition coefficient (Wildman–Crippen LogP) is 5.66. The van der Waals surface area contributed by atoms with Crippen LogP contribution in [0.2, 0.25) is 0 Å². The number of methoxy groups -OCH3 is 3. The number of nitrogens with one attached hydrogen (secondary N) is 1. The first-order chi connectivity index (χ1) is 15.6. The molecule has 3 aromatic rings. The highest BCUT2D eigenvalue weighted by molar-refractivity contribution is 7.16. The number of hydrogen-bond donors (Lipinski definition) is 1. The molecule has 0 bridgehead atoms. The molecule has 2 aromatic carbocycles. The molecule has 0 saturated heterocycles. The van der Waals surface area contributed by atoms with Gasteiger partial charge in [0.15, 0.2) is 0 Å². The Labute approximate surface area is 191 Å². The molecule has 1 N–H and O–H groups in total. The van der Waals surface area contributed by atoms with Crippen LogP contribution in [0.4, 0.5) is 10.7 Å². The minimum absolute atomic E-state index is 0.183. The summed E-state index contributed by atoms with van der Waals surface area (Å²) in [5.41, 5.74) is 3.28. The number of hydrogen-bond acceptors (Lipinski definition) is 6. The molecule has 6 nitrogen and oxygen atoms in total. The van der Waals surface area contributed by atoms with Gasteiger partial charge in [-0.2, -0.15) is 0 Å². The first kappa shape index (κ1) is 21.9. The molecular weight excluding hydrogens is 424 g/mol. The van der Waals surface area contributed by atoms with Crippen LogP contribution in [0, 0.1) is 0 Å². The van der Waals surface area contributed by atoms with E-state index in [0.717, 1.165) is 47.6 Å². The number of amides is 1. The van der Waals surface area contributed by atoms with E-state index in [1.165, 1.54) is 4.88 Å². The maximum absolute atomic E-state index is 13.4. The van der Waals surface area contributed by atoms with Crippen molar-refractivity contribution in [3.05, 3.63) is 64.0 Å². The number of aryl methyl sites for hydroxylation is 1. The van der Waals surface area contributed by atoms with E-state index in [-0.39, 0.29) is 5.91 Å². The van der Waals surface area contributed by atoms with E-state index in [4.69, 9.17) is 19.2 Å². The average Bonchev–Trinajstić information content (AvgIpc) is 3.21. The minimum atomic E-state index is -0.183. The molecule has 7 heteroatoms. The van der Waals surface area contributed by atoms with Gasteiger partial charge in [-0.25, -0.2) is 4.99 Å². The largest absolute Gasteiger partial charge is 0.497 e. The molecule has 166 valence electrons. The third-order valence-corrected chi connectivity index (χ3v) is 6.68. The van der Waals surface area contributed by atoms with Crippen LogP contribution in [-0.2, 0) is 12.8 Å². The van der Waals surface area contributed by atoms with E-state index in [0.29, 0.717) is 22.7 Å². The number of fused-ring (bicyclic) bond motifs is 1. The Morgan fingerprint density at radius 2 is 1.69 bits per heavy atom. The van der Waals surface area contributed by atoms with Crippen molar-refractivity contribution in [1.82, 2.24) is 0 Å². The number of rotatable bonds is 7. The van der Waals surface area contributed by atoms with Crippen LogP contribution in [0.25, 0.3) is 0 Å². The standard InChI is InChI=1S/C25H26N2O4S/c1-29-17-10-8-16(9-11-17)15-26-25-23(19-6-4-5-7-22(19)32-25)24(28)27-20-14-18(30-2)12-13-21(20)31-3/h8-15H,4-7H2,1-3H3,(H,27,28). The highest BCUT2D eigenvalue weighted by atomic mass is 32.1. The molecule has 1 aromatic heterocycles. The summed E-state index contributed by atoms with van der Waals surface area (Å²) in [6.07, 6.45) is 5.89. The van der Waals surface area contributed by atoms with E-state index >= 15 is 0 Å². The second-order valence-corrected chi connectivity index (χ2v) is 8.53. The van der Waals surface area contributed by atoms with Gasteiger partial charge in [-0.3, -0.25) is 4.79 Å². The lowest BCUT2D eigenvalue weighted by Crippen LogP contribution is -2.15. The molecule has 0 spiro atoms. The Morgan fingerprint density at radius 1 is 0.969 bits per heavy atom. The number of carbonyl (C=O) groups excluding carboxylic acids is 1. The van der Waals surface area contributed by atoms with Crippen LogP contribution in [0.3, 0.4) is 0 Å². The zero-order chi connectivity index (χ0) is 22.5. The van der Waals surface area contributed by atoms with Crippen LogP contribution in [0.1, 0.15) is 39.2 Å². The second kappa shape index (κ2) is 9.87. The first-order valence-electron chi connectivity index (χ1n) is 10.5. The molecule has 4 rings (SSSR count). The van der Waals surface area contributed by atoms with Gasteiger partial charge in [0.25, 0.3) is 5.91 Å². The minimum Gasteiger partial charge on any atom is -0.497 e. The van der Waals surface area contributed by atoms with Crippen LogP contribution >= 0.6 is 11.3 Å². The van der Waals surface area contributed by atoms with Gasteiger partial charge in [-0.05, 0) is 73.2 Å². The molecule has 0 aliphatic heterocycles. The fourth-order valence-electron chi connectivity index (χ4n) is 3.80. The quantitative estimate of drug-likeness (QED) is 0.472. The molecule has 0 atom stereocenters. The lowest BCUT2D eigenvalue weighted by atomic mass is 9.95. The van der Waals surface area contributed by atoms with Gasteiger partial charge < -0.3 is 19.5 Å². The summed E-state index contributed by atoms with van der Waals surface area (Å²) in [6, 6.07) is 13.0. The highest BCUT2D eigenvalue weighted by Gasteiger charge is 2.26. The average molecular weight is 451 g/mol. The summed E-state index contributed by atoms with van der Waals surface area (Å²) in [4.78, 5) is 19.4. The van der Waals surface area contributed by atoms with E-state index in [1.807, 2.05) is 24.3 Å². The van der Waals surface area contributed by atoms with Crippen molar-refractivity contribution >= 4 is 34.1 Å². The van der Waals surface area contributed by atoms with Crippen molar-refractivity contribution in [2.24, 2.45) is 4.99 Å². The summed E-state index contributed by atoms with van der Waals surface area (Å²) < 4.78 is 15.9. The maximum atomic E-state index is 13.4. The molecule has 0 fully saturated rings.